The van der Waals surface area contributed by atoms with Crippen molar-refractivity contribution in [3.63, 3.8) is 0 Å². The molecule has 0 unspecified atom stereocenters. The van der Waals surface area contributed by atoms with Crippen LogP contribution in [0, 0.1) is 0 Å². The van der Waals surface area contributed by atoms with Gasteiger partial charge in [0.25, 0.3) is 0 Å². The van der Waals surface area contributed by atoms with Gasteiger partial charge in [0.05, 0.1) is 0 Å². The lowest BCUT2D eigenvalue weighted by atomic mass is 10.2. The summed E-state index contributed by atoms with van der Waals surface area (Å²) in [7, 11) is 0. The minimum atomic E-state index is 0. The average Bonchev–Trinajstić information content (AvgIpc) is 2.03. The number of rotatable bonds is 3. The van der Waals surface area contributed by atoms with Crippen LogP contribution in [0.15, 0.2) is 30.3 Å². The summed E-state index contributed by atoms with van der Waals surface area (Å²) in [5.74, 6) is 0. The van der Waals surface area contributed by atoms with Crippen LogP contribution < -0.4 is 11.5 Å². The molecular formula is C10H18N2. The summed E-state index contributed by atoms with van der Waals surface area (Å²) in [4.78, 5) is 0. The van der Waals surface area contributed by atoms with E-state index in [1.165, 1.54) is 5.56 Å². The van der Waals surface area contributed by atoms with Crippen LogP contribution in [-0.4, -0.2) is 6.04 Å². The van der Waals surface area contributed by atoms with Crippen molar-refractivity contribution in [3.05, 3.63) is 35.9 Å². The summed E-state index contributed by atoms with van der Waals surface area (Å²) in [5, 5.41) is 3.36. The van der Waals surface area contributed by atoms with E-state index in [2.05, 4.69) is 43.4 Å². The molecule has 0 saturated carbocycles. The second kappa shape index (κ2) is 5.75. The largest absolute Gasteiger partial charge is 0.344 e. The molecule has 2 nitrogen and oxygen atoms in total. The molecule has 4 N–H and O–H groups in total. The Morgan fingerprint density at radius 2 is 1.75 bits per heavy atom. The zero-order chi connectivity index (χ0) is 8.10. The highest BCUT2D eigenvalue weighted by molar-refractivity contribution is 5.14. The Hall–Kier alpha value is -0.860. The number of nitrogens with one attached hydrogen (secondary N) is 1. The van der Waals surface area contributed by atoms with Gasteiger partial charge in [0, 0.05) is 12.6 Å². The highest BCUT2D eigenvalue weighted by Gasteiger charge is 1.92. The summed E-state index contributed by atoms with van der Waals surface area (Å²) >= 11 is 0. The molecule has 1 aromatic rings. The Labute approximate surface area is 74.6 Å². The number of hydrogen-bond acceptors (Lipinski definition) is 2. The standard InChI is InChI=1S/C10H15N.H3N/c1-9(2)11-8-10-6-4-3-5-7-10;/h3-7,9,11H,8H2,1-2H3;1H3. The molecular weight excluding hydrogens is 148 g/mol. The van der Waals surface area contributed by atoms with E-state index in [4.69, 9.17) is 0 Å². The fourth-order valence-corrected chi connectivity index (χ4v) is 0.918. The number of hydrogen-bond donors (Lipinski definition) is 2. The molecule has 0 aliphatic carbocycles. The Morgan fingerprint density at radius 1 is 1.17 bits per heavy atom. The van der Waals surface area contributed by atoms with Crippen LogP contribution in [0.2, 0.25) is 0 Å². The van der Waals surface area contributed by atoms with E-state index in [-0.39, 0.29) is 6.15 Å². The van der Waals surface area contributed by atoms with E-state index in [1.54, 1.807) is 0 Å². The Kier molecular flexibility index (Phi) is 5.34. The van der Waals surface area contributed by atoms with Crippen LogP contribution in [0.3, 0.4) is 0 Å². The second-order valence-electron chi connectivity index (χ2n) is 3.02. The van der Waals surface area contributed by atoms with Crippen LogP contribution in [0.1, 0.15) is 19.4 Å². The summed E-state index contributed by atoms with van der Waals surface area (Å²) in [6, 6.07) is 11.0. The SMILES string of the molecule is CC(C)NCc1ccccc1.N. The minimum Gasteiger partial charge on any atom is -0.344 e. The lowest BCUT2D eigenvalue weighted by Crippen LogP contribution is -2.21. The van der Waals surface area contributed by atoms with Crippen molar-refractivity contribution in [1.82, 2.24) is 11.5 Å². The molecule has 0 saturated heterocycles. The van der Waals surface area contributed by atoms with Crippen molar-refractivity contribution in [3.8, 4) is 0 Å². The first kappa shape index (κ1) is 11.1. The van der Waals surface area contributed by atoms with Gasteiger partial charge in [-0.15, -0.1) is 0 Å². The van der Waals surface area contributed by atoms with E-state index < -0.39 is 0 Å². The fourth-order valence-electron chi connectivity index (χ4n) is 0.918. The molecule has 0 aliphatic rings. The highest BCUT2D eigenvalue weighted by atomic mass is 14.9. The van der Waals surface area contributed by atoms with E-state index in [9.17, 15) is 0 Å². The van der Waals surface area contributed by atoms with Crippen molar-refractivity contribution in [1.29, 1.82) is 0 Å². The molecule has 0 aromatic heterocycles. The van der Waals surface area contributed by atoms with Crippen LogP contribution in [-0.2, 0) is 6.54 Å². The molecule has 0 fully saturated rings. The summed E-state index contributed by atoms with van der Waals surface area (Å²) in [5.41, 5.74) is 1.35. The fraction of sp³-hybridized carbons (Fsp3) is 0.400. The van der Waals surface area contributed by atoms with Gasteiger partial charge in [-0.1, -0.05) is 44.2 Å². The number of benzene rings is 1. The van der Waals surface area contributed by atoms with Crippen molar-refractivity contribution in [2.45, 2.75) is 26.4 Å². The lowest BCUT2D eigenvalue weighted by Gasteiger charge is -2.06. The van der Waals surface area contributed by atoms with Gasteiger partial charge >= 0.3 is 0 Å². The molecule has 2 heteroatoms. The highest BCUT2D eigenvalue weighted by Crippen LogP contribution is 1.97. The average molecular weight is 166 g/mol. The molecule has 0 radical (unpaired) electrons. The zero-order valence-corrected chi connectivity index (χ0v) is 7.88. The van der Waals surface area contributed by atoms with Gasteiger partial charge in [-0.2, -0.15) is 0 Å². The monoisotopic (exact) mass is 166 g/mol. The normalized spacial score (nSPS) is 9.58. The first-order chi connectivity index (χ1) is 5.29. The molecule has 0 spiro atoms. The predicted octanol–water partition coefficient (Wildman–Crippen LogP) is 2.35. The van der Waals surface area contributed by atoms with E-state index in [0.717, 1.165) is 6.54 Å². The summed E-state index contributed by atoms with van der Waals surface area (Å²) < 4.78 is 0. The maximum absolute atomic E-state index is 3.36. The molecule has 12 heavy (non-hydrogen) atoms. The maximum atomic E-state index is 3.36. The van der Waals surface area contributed by atoms with Crippen LogP contribution in [0.25, 0.3) is 0 Å². The van der Waals surface area contributed by atoms with Crippen LogP contribution >= 0.6 is 0 Å². The van der Waals surface area contributed by atoms with Crippen molar-refractivity contribution >= 4 is 0 Å². The van der Waals surface area contributed by atoms with Gasteiger partial charge in [0.15, 0.2) is 0 Å². The van der Waals surface area contributed by atoms with Gasteiger partial charge in [-0.05, 0) is 5.56 Å². The zero-order valence-electron chi connectivity index (χ0n) is 7.88. The third-order valence-corrected chi connectivity index (χ3v) is 1.56. The molecule has 0 heterocycles. The Morgan fingerprint density at radius 3 is 2.25 bits per heavy atom. The van der Waals surface area contributed by atoms with Crippen LogP contribution in [0.5, 0.6) is 0 Å². The molecule has 0 aliphatic heterocycles. The molecule has 1 aromatic carbocycles. The molecule has 1 rings (SSSR count). The topological polar surface area (TPSA) is 47.0 Å². The van der Waals surface area contributed by atoms with Crippen molar-refractivity contribution in [2.75, 3.05) is 0 Å². The van der Waals surface area contributed by atoms with E-state index >= 15 is 0 Å². The quantitative estimate of drug-likeness (QED) is 0.724. The van der Waals surface area contributed by atoms with Crippen molar-refractivity contribution < 1.29 is 0 Å². The summed E-state index contributed by atoms with van der Waals surface area (Å²) in [6.07, 6.45) is 0. The van der Waals surface area contributed by atoms with E-state index in [0.29, 0.717) is 6.04 Å². The predicted molar refractivity (Wildman–Crippen MR) is 53.4 cm³/mol. The van der Waals surface area contributed by atoms with Gasteiger partial charge in [0.1, 0.15) is 0 Å². The van der Waals surface area contributed by atoms with Crippen molar-refractivity contribution in [2.24, 2.45) is 0 Å². The maximum Gasteiger partial charge on any atom is 0.0207 e. The van der Waals surface area contributed by atoms with Gasteiger partial charge in [-0.25, -0.2) is 0 Å². The second-order valence-corrected chi connectivity index (χ2v) is 3.02. The van der Waals surface area contributed by atoms with Gasteiger partial charge in [-0.3, -0.25) is 0 Å². The third kappa shape index (κ3) is 4.11. The minimum absolute atomic E-state index is 0. The molecule has 0 atom stereocenters. The Balaban J connectivity index is 0.00000121. The summed E-state index contributed by atoms with van der Waals surface area (Å²) in [6.45, 7) is 5.28. The molecule has 0 bridgehead atoms. The lowest BCUT2D eigenvalue weighted by molar-refractivity contribution is 0.589. The van der Waals surface area contributed by atoms with E-state index in [1.807, 2.05) is 6.07 Å². The first-order valence-electron chi connectivity index (χ1n) is 4.06. The van der Waals surface area contributed by atoms with Gasteiger partial charge < -0.3 is 11.5 Å². The molecule has 0 amide bonds. The third-order valence-electron chi connectivity index (χ3n) is 1.56. The molecule has 68 valence electrons. The Bertz CT molecular complexity index is 194. The first-order valence-corrected chi connectivity index (χ1v) is 4.06. The van der Waals surface area contributed by atoms with Gasteiger partial charge in [0.2, 0.25) is 0 Å². The van der Waals surface area contributed by atoms with Crippen LogP contribution in [0.4, 0.5) is 0 Å². The smallest absolute Gasteiger partial charge is 0.0207 e.